The summed E-state index contributed by atoms with van der Waals surface area (Å²) in [5, 5.41) is 14.1. The number of nitrogens with zero attached hydrogens (tertiary/aromatic N) is 3. The van der Waals surface area contributed by atoms with E-state index in [9.17, 15) is 14.7 Å². The highest BCUT2D eigenvalue weighted by Gasteiger charge is 2.17. The van der Waals surface area contributed by atoms with Crippen LogP contribution in [0.4, 0.5) is 5.69 Å². The number of carbonyl (C=O) groups excluding carboxylic acids is 2. The van der Waals surface area contributed by atoms with Crippen LogP contribution in [0, 0.1) is 0 Å². The minimum atomic E-state index is -1.61. The van der Waals surface area contributed by atoms with Gasteiger partial charge in [0.05, 0.1) is 27.4 Å². The zero-order chi connectivity index (χ0) is 18.0. The van der Waals surface area contributed by atoms with E-state index in [1.54, 1.807) is 23.0 Å². The fraction of sp³-hybridized carbons (Fsp3) is 0. The van der Waals surface area contributed by atoms with Crippen molar-refractivity contribution < 1.29 is 14.7 Å². The first-order valence-corrected chi connectivity index (χ1v) is 7.69. The number of carboxylic acids is 1. The van der Waals surface area contributed by atoms with Crippen LogP contribution in [-0.4, -0.2) is 26.4 Å². The van der Waals surface area contributed by atoms with Gasteiger partial charge in [0.2, 0.25) is 0 Å². The Hall–Kier alpha value is -2.90. The normalized spacial score (nSPS) is 10.5. The Bertz CT molecular complexity index is 958. The van der Waals surface area contributed by atoms with Gasteiger partial charge < -0.3 is 19.8 Å². The van der Waals surface area contributed by atoms with Gasteiger partial charge in [0, 0.05) is 24.8 Å². The summed E-state index contributed by atoms with van der Waals surface area (Å²) in [5.74, 6) is -2.40. The lowest BCUT2D eigenvalue weighted by atomic mass is 10.2. The lowest BCUT2D eigenvalue weighted by Gasteiger charge is -2.13. The highest BCUT2D eigenvalue weighted by molar-refractivity contribution is 6.37. The lowest BCUT2D eigenvalue weighted by Crippen LogP contribution is -2.28. The third kappa shape index (κ3) is 3.47. The van der Waals surface area contributed by atoms with Crippen molar-refractivity contribution >= 4 is 40.8 Å². The molecule has 3 aromatic rings. The second-order valence-corrected chi connectivity index (χ2v) is 5.68. The van der Waals surface area contributed by atoms with Crippen LogP contribution >= 0.6 is 23.2 Å². The molecule has 0 fully saturated rings. The number of aromatic nitrogens is 3. The van der Waals surface area contributed by atoms with Gasteiger partial charge in [-0.15, -0.1) is 0 Å². The maximum Gasteiger partial charge on any atom is 0.276 e. The van der Waals surface area contributed by atoms with E-state index in [4.69, 9.17) is 23.2 Å². The van der Waals surface area contributed by atoms with Gasteiger partial charge >= 0.3 is 0 Å². The van der Waals surface area contributed by atoms with E-state index in [0.29, 0.717) is 10.7 Å². The highest BCUT2D eigenvalue weighted by Crippen LogP contribution is 2.32. The number of hydrogen-bond acceptors (Lipinski definition) is 5. The van der Waals surface area contributed by atoms with E-state index in [0.717, 1.165) is 6.20 Å². The molecular formula is C16H9Cl2N4O3-. The predicted octanol–water partition coefficient (Wildman–Crippen LogP) is 2.19. The molecular weight excluding hydrogens is 367 g/mol. The van der Waals surface area contributed by atoms with Crippen LogP contribution in [0.5, 0.6) is 0 Å². The number of rotatable bonds is 4. The molecule has 126 valence electrons. The van der Waals surface area contributed by atoms with E-state index in [1.807, 2.05) is 12.1 Å². The van der Waals surface area contributed by atoms with E-state index >= 15 is 0 Å². The van der Waals surface area contributed by atoms with Crippen LogP contribution in [0.1, 0.15) is 21.0 Å². The first-order chi connectivity index (χ1) is 12.0. The zero-order valence-electron chi connectivity index (χ0n) is 12.4. The molecule has 9 heteroatoms. The molecule has 3 rings (SSSR count). The number of hydrogen-bond donors (Lipinski definition) is 1. The summed E-state index contributed by atoms with van der Waals surface area (Å²) in [5.41, 5.74) is -0.109. The quantitative estimate of drug-likeness (QED) is 0.753. The molecule has 0 radical (unpaired) electrons. The van der Waals surface area contributed by atoms with Crippen molar-refractivity contribution in [3.8, 4) is 5.69 Å². The van der Waals surface area contributed by atoms with Crippen molar-refractivity contribution in [1.29, 1.82) is 0 Å². The average Bonchev–Trinajstić information content (AvgIpc) is 3.12. The number of nitrogens with one attached hydrogen (secondary N) is 1. The molecule has 0 aliphatic heterocycles. The fourth-order valence-electron chi connectivity index (χ4n) is 2.16. The van der Waals surface area contributed by atoms with Crippen LogP contribution in [0.3, 0.4) is 0 Å². The Morgan fingerprint density at radius 2 is 1.64 bits per heavy atom. The molecule has 0 unspecified atom stereocenters. The van der Waals surface area contributed by atoms with Gasteiger partial charge in [-0.2, -0.15) is 0 Å². The molecule has 0 spiro atoms. The van der Waals surface area contributed by atoms with Crippen molar-refractivity contribution in [2.45, 2.75) is 0 Å². The van der Waals surface area contributed by atoms with E-state index in [2.05, 4.69) is 15.3 Å². The molecule has 2 aromatic heterocycles. The maximum atomic E-state index is 12.3. The van der Waals surface area contributed by atoms with Gasteiger partial charge in [-0.1, -0.05) is 23.2 Å². The van der Waals surface area contributed by atoms with Crippen LogP contribution in [0.25, 0.3) is 5.69 Å². The number of benzene rings is 1. The second-order valence-electron chi connectivity index (χ2n) is 4.87. The Labute approximate surface area is 151 Å². The molecule has 0 atom stereocenters. The van der Waals surface area contributed by atoms with Crippen LogP contribution < -0.4 is 10.4 Å². The molecule has 1 aromatic carbocycles. The minimum absolute atomic E-state index is 0.211. The standard InChI is InChI=1S/C16H10Cl2N4O3/c17-9-8-12(22-5-1-2-6-22)10(18)7-11(9)21-15(23)13-14(16(24)25)20-4-3-19-13/h1-8H,(H,21,23)(H,24,25)/p-1. The number of anilines is 1. The van der Waals surface area contributed by atoms with Gasteiger partial charge in [0.25, 0.3) is 5.91 Å². The summed E-state index contributed by atoms with van der Waals surface area (Å²) in [4.78, 5) is 30.6. The van der Waals surface area contributed by atoms with Crippen molar-refractivity contribution in [2.24, 2.45) is 0 Å². The van der Waals surface area contributed by atoms with Crippen LogP contribution in [-0.2, 0) is 0 Å². The number of aromatic carboxylic acids is 1. The fourth-order valence-corrected chi connectivity index (χ4v) is 2.63. The molecule has 0 bridgehead atoms. The Morgan fingerprint density at radius 1 is 1.00 bits per heavy atom. The van der Waals surface area contributed by atoms with Crippen LogP contribution in [0.15, 0.2) is 49.1 Å². The summed E-state index contributed by atoms with van der Waals surface area (Å²) in [6.45, 7) is 0. The molecule has 0 saturated carbocycles. The van der Waals surface area contributed by atoms with Gasteiger partial charge in [-0.25, -0.2) is 4.98 Å². The second kappa shape index (κ2) is 6.92. The molecule has 1 N–H and O–H groups in total. The van der Waals surface area contributed by atoms with Crippen molar-refractivity contribution in [3.63, 3.8) is 0 Å². The molecule has 1 amide bonds. The summed E-state index contributed by atoms with van der Waals surface area (Å²) in [7, 11) is 0. The number of carbonyl (C=O) groups is 2. The number of carboxylic acid groups (broad SMARTS) is 1. The van der Waals surface area contributed by atoms with Crippen molar-refractivity contribution in [1.82, 2.24) is 14.5 Å². The van der Waals surface area contributed by atoms with E-state index in [1.165, 1.54) is 12.3 Å². The zero-order valence-corrected chi connectivity index (χ0v) is 14.0. The number of amides is 1. The van der Waals surface area contributed by atoms with Gasteiger partial charge in [-0.3, -0.25) is 9.78 Å². The lowest BCUT2D eigenvalue weighted by molar-refractivity contribution is -0.255. The highest BCUT2D eigenvalue weighted by atomic mass is 35.5. The topological polar surface area (TPSA) is 99.9 Å². The predicted molar refractivity (Wildman–Crippen MR) is 90.1 cm³/mol. The summed E-state index contributed by atoms with van der Waals surface area (Å²) in [6, 6.07) is 6.70. The van der Waals surface area contributed by atoms with Crippen molar-refractivity contribution in [2.75, 3.05) is 5.32 Å². The summed E-state index contributed by atoms with van der Waals surface area (Å²) < 4.78 is 1.76. The smallest absolute Gasteiger partial charge is 0.276 e. The molecule has 2 heterocycles. The summed E-state index contributed by atoms with van der Waals surface area (Å²) >= 11 is 12.4. The first-order valence-electron chi connectivity index (χ1n) is 6.93. The Kier molecular flexibility index (Phi) is 4.69. The number of halogens is 2. The molecule has 0 aliphatic rings. The largest absolute Gasteiger partial charge is 0.543 e. The monoisotopic (exact) mass is 375 g/mol. The SMILES string of the molecule is O=C([O-])c1nccnc1C(=O)Nc1cc(Cl)c(-n2cccc2)cc1Cl. The molecule has 25 heavy (non-hydrogen) atoms. The first kappa shape index (κ1) is 16.9. The maximum absolute atomic E-state index is 12.3. The summed E-state index contributed by atoms with van der Waals surface area (Å²) in [6.07, 6.45) is 5.94. The van der Waals surface area contributed by atoms with Gasteiger partial charge in [-0.05, 0) is 24.3 Å². The third-order valence-electron chi connectivity index (χ3n) is 3.27. The average molecular weight is 376 g/mol. The molecule has 0 aliphatic carbocycles. The van der Waals surface area contributed by atoms with Gasteiger partial charge in [0.1, 0.15) is 5.69 Å². The van der Waals surface area contributed by atoms with Gasteiger partial charge in [0.15, 0.2) is 5.69 Å². The minimum Gasteiger partial charge on any atom is -0.543 e. The molecule has 0 saturated heterocycles. The third-order valence-corrected chi connectivity index (χ3v) is 3.89. The van der Waals surface area contributed by atoms with Crippen LogP contribution in [0.2, 0.25) is 10.0 Å². The van der Waals surface area contributed by atoms with Crippen molar-refractivity contribution in [3.05, 3.63) is 70.5 Å². The van der Waals surface area contributed by atoms with E-state index < -0.39 is 17.6 Å². The molecule has 7 nitrogen and oxygen atoms in total. The van der Waals surface area contributed by atoms with E-state index in [-0.39, 0.29) is 16.4 Å². The Morgan fingerprint density at radius 3 is 2.28 bits per heavy atom. The Balaban J connectivity index is 1.93.